The second-order valence-electron chi connectivity index (χ2n) is 6.92. The van der Waals surface area contributed by atoms with E-state index in [0.29, 0.717) is 18.6 Å². The third-order valence-electron chi connectivity index (χ3n) is 4.61. The van der Waals surface area contributed by atoms with Crippen LogP contribution in [0, 0.1) is 5.41 Å². The van der Waals surface area contributed by atoms with Crippen LogP contribution in [0.25, 0.3) is 0 Å². The summed E-state index contributed by atoms with van der Waals surface area (Å²) < 4.78 is 70.8. The average molecular weight is 394 g/mol. The summed E-state index contributed by atoms with van der Waals surface area (Å²) in [5, 5.41) is 0. The minimum atomic E-state index is -4.75. The second-order valence-corrected chi connectivity index (χ2v) is 8.83. The van der Waals surface area contributed by atoms with Crippen molar-refractivity contribution in [2.24, 2.45) is 11.1 Å². The molecule has 1 aromatic carbocycles. The molecule has 1 aliphatic heterocycles. The third-order valence-corrected chi connectivity index (χ3v) is 6.49. The largest absolute Gasteiger partial charge is 0.465 e. The maximum Gasteiger partial charge on any atom is 0.416 e. The molecule has 1 fully saturated rings. The summed E-state index contributed by atoms with van der Waals surface area (Å²) in [6, 6.07) is 1.71. The number of rotatable bonds is 3. The number of nitrogens with two attached hydrogens (primary N) is 1. The zero-order chi connectivity index (χ0) is 19.9. The molecular formula is C16H21F3N2O4S. The Balaban J connectivity index is 2.58. The Morgan fingerprint density at radius 3 is 2.46 bits per heavy atom. The molecule has 26 heavy (non-hydrogen) atoms. The van der Waals surface area contributed by atoms with Gasteiger partial charge in [0.2, 0.25) is 10.0 Å². The minimum Gasteiger partial charge on any atom is -0.465 e. The Labute approximate surface area is 150 Å². The quantitative estimate of drug-likeness (QED) is 0.794. The Morgan fingerprint density at radius 2 is 1.96 bits per heavy atom. The van der Waals surface area contributed by atoms with Gasteiger partial charge >= 0.3 is 12.1 Å². The van der Waals surface area contributed by atoms with Gasteiger partial charge in [0.1, 0.15) is 0 Å². The molecule has 6 nitrogen and oxygen atoms in total. The fourth-order valence-electron chi connectivity index (χ4n) is 2.86. The van der Waals surface area contributed by atoms with Crippen LogP contribution in [0.5, 0.6) is 0 Å². The molecule has 1 atom stereocenters. The van der Waals surface area contributed by atoms with Crippen LogP contribution < -0.4 is 5.73 Å². The zero-order valence-corrected chi connectivity index (χ0v) is 15.4. The van der Waals surface area contributed by atoms with E-state index in [4.69, 9.17) is 5.73 Å². The molecule has 146 valence electrons. The first-order valence-corrected chi connectivity index (χ1v) is 9.30. The fraction of sp³-hybridized carbons (Fsp3) is 0.562. The number of piperidine rings is 1. The standard InChI is InChI=1S/C16H21F3N2O4S/c1-15(2)9-21(7-6-13(15)20)26(23,24)12-8-10(16(17,18)19)4-5-11(12)14(22)25-3/h4-5,8,13H,6-7,9,20H2,1-3H3. The molecule has 1 heterocycles. The minimum absolute atomic E-state index is 0.0351. The van der Waals surface area contributed by atoms with Crippen LogP contribution in [0.15, 0.2) is 23.1 Å². The van der Waals surface area contributed by atoms with Crippen LogP contribution in [-0.4, -0.2) is 44.9 Å². The monoisotopic (exact) mass is 394 g/mol. The predicted molar refractivity (Wildman–Crippen MR) is 87.9 cm³/mol. The number of halogens is 3. The van der Waals surface area contributed by atoms with Crippen LogP contribution in [-0.2, 0) is 20.9 Å². The van der Waals surface area contributed by atoms with Gasteiger partial charge in [-0.3, -0.25) is 0 Å². The normalized spacial score (nSPS) is 21.4. The molecule has 1 saturated heterocycles. The number of methoxy groups -OCH3 is 1. The first-order valence-electron chi connectivity index (χ1n) is 7.86. The van der Waals surface area contributed by atoms with Crippen LogP contribution in [0.3, 0.4) is 0 Å². The first kappa shape index (κ1) is 20.7. The van der Waals surface area contributed by atoms with Crippen LogP contribution >= 0.6 is 0 Å². The summed E-state index contributed by atoms with van der Waals surface area (Å²) in [4.78, 5) is 11.2. The topological polar surface area (TPSA) is 89.7 Å². The summed E-state index contributed by atoms with van der Waals surface area (Å²) in [6.45, 7) is 3.66. The highest BCUT2D eigenvalue weighted by molar-refractivity contribution is 7.89. The number of ether oxygens (including phenoxy) is 1. The molecule has 2 N–H and O–H groups in total. The van der Waals surface area contributed by atoms with E-state index in [1.54, 1.807) is 13.8 Å². The van der Waals surface area contributed by atoms with Crippen molar-refractivity contribution in [3.05, 3.63) is 29.3 Å². The van der Waals surface area contributed by atoms with E-state index < -0.39 is 43.6 Å². The maximum atomic E-state index is 13.0. The molecule has 0 radical (unpaired) electrons. The molecule has 10 heteroatoms. The lowest BCUT2D eigenvalue weighted by molar-refractivity contribution is -0.137. The van der Waals surface area contributed by atoms with Gasteiger partial charge in [0.25, 0.3) is 0 Å². The Kier molecular flexibility index (Phi) is 5.42. The fourth-order valence-corrected chi connectivity index (χ4v) is 4.69. The number of carbonyl (C=O) groups is 1. The molecule has 1 unspecified atom stereocenters. The molecule has 0 amide bonds. The first-order chi connectivity index (χ1) is 11.8. The maximum absolute atomic E-state index is 13.0. The van der Waals surface area contributed by atoms with Gasteiger partial charge in [-0.25, -0.2) is 13.2 Å². The van der Waals surface area contributed by atoms with E-state index in [9.17, 15) is 26.4 Å². The van der Waals surface area contributed by atoms with Gasteiger partial charge in [-0.05, 0) is 30.0 Å². The number of alkyl halides is 3. The van der Waals surface area contributed by atoms with Gasteiger partial charge in [0, 0.05) is 19.1 Å². The number of esters is 1. The number of benzene rings is 1. The van der Waals surface area contributed by atoms with Crippen LogP contribution in [0.4, 0.5) is 13.2 Å². The van der Waals surface area contributed by atoms with E-state index in [0.717, 1.165) is 17.5 Å². The van der Waals surface area contributed by atoms with Gasteiger partial charge < -0.3 is 10.5 Å². The number of carbonyl (C=O) groups excluding carboxylic acids is 1. The van der Waals surface area contributed by atoms with Crippen LogP contribution in [0.2, 0.25) is 0 Å². The van der Waals surface area contributed by atoms with Crippen molar-refractivity contribution in [1.82, 2.24) is 4.31 Å². The molecular weight excluding hydrogens is 373 g/mol. The van der Waals surface area contributed by atoms with E-state index in [1.165, 1.54) is 0 Å². The van der Waals surface area contributed by atoms with E-state index in [1.807, 2.05) is 0 Å². The summed E-state index contributed by atoms with van der Waals surface area (Å²) in [7, 11) is -3.32. The summed E-state index contributed by atoms with van der Waals surface area (Å²) in [5.41, 5.74) is 3.84. The Hall–Kier alpha value is -1.65. The SMILES string of the molecule is COC(=O)c1ccc(C(F)(F)F)cc1S(=O)(=O)N1CCC(N)C(C)(C)C1. The second kappa shape index (κ2) is 6.82. The number of hydrogen-bond donors (Lipinski definition) is 1. The molecule has 0 spiro atoms. The molecule has 0 aromatic heterocycles. The summed E-state index contributed by atoms with van der Waals surface area (Å²) in [5.74, 6) is -1.02. The third kappa shape index (κ3) is 3.86. The average Bonchev–Trinajstić information content (AvgIpc) is 2.55. The molecule has 1 aromatic rings. The lowest BCUT2D eigenvalue weighted by Gasteiger charge is -2.41. The van der Waals surface area contributed by atoms with Crippen LogP contribution in [0.1, 0.15) is 36.2 Å². The lowest BCUT2D eigenvalue weighted by Crippen LogP contribution is -2.54. The van der Waals surface area contributed by atoms with Gasteiger partial charge in [0.15, 0.2) is 0 Å². The van der Waals surface area contributed by atoms with Gasteiger partial charge in [0.05, 0.1) is 23.1 Å². The van der Waals surface area contributed by atoms with E-state index in [2.05, 4.69) is 4.74 Å². The van der Waals surface area contributed by atoms with Crippen molar-refractivity contribution in [1.29, 1.82) is 0 Å². The number of sulfonamides is 1. The number of nitrogens with zero attached hydrogens (tertiary/aromatic N) is 1. The smallest absolute Gasteiger partial charge is 0.416 e. The van der Waals surface area contributed by atoms with Crippen molar-refractivity contribution >= 4 is 16.0 Å². The highest BCUT2D eigenvalue weighted by Crippen LogP contribution is 2.35. The van der Waals surface area contributed by atoms with Crippen molar-refractivity contribution in [2.45, 2.75) is 37.4 Å². The highest BCUT2D eigenvalue weighted by atomic mass is 32.2. The number of hydrogen-bond acceptors (Lipinski definition) is 5. The molecule has 2 rings (SSSR count). The zero-order valence-electron chi connectivity index (χ0n) is 14.6. The summed E-state index contributed by atoms with van der Waals surface area (Å²) in [6.07, 6.45) is -4.39. The van der Waals surface area contributed by atoms with E-state index in [-0.39, 0.29) is 19.1 Å². The molecule has 0 saturated carbocycles. The molecule has 0 bridgehead atoms. The predicted octanol–water partition coefficient (Wildman–Crippen LogP) is 2.24. The van der Waals surface area contributed by atoms with E-state index >= 15 is 0 Å². The van der Waals surface area contributed by atoms with Gasteiger partial charge in [-0.15, -0.1) is 0 Å². The summed E-state index contributed by atoms with van der Waals surface area (Å²) >= 11 is 0. The Bertz CT molecular complexity index is 806. The lowest BCUT2D eigenvalue weighted by atomic mass is 9.81. The van der Waals surface area contributed by atoms with Crippen molar-refractivity contribution in [3.8, 4) is 0 Å². The Morgan fingerprint density at radius 1 is 1.35 bits per heavy atom. The highest BCUT2D eigenvalue weighted by Gasteiger charge is 2.41. The van der Waals surface area contributed by atoms with Crippen molar-refractivity contribution in [3.63, 3.8) is 0 Å². The molecule has 0 aliphatic carbocycles. The van der Waals surface area contributed by atoms with Gasteiger partial charge in [-0.1, -0.05) is 13.8 Å². The van der Waals surface area contributed by atoms with Gasteiger partial charge in [-0.2, -0.15) is 17.5 Å². The molecule has 1 aliphatic rings. The van der Waals surface area contributed by atoms with Crippen molar-refractivity contribution < 1.29 is 31.1 Å². The van der Waals surface area contributed by atoms with Crippen molar-refractivity contribution in [2.75, 3.05) is 20.2 Å².